The van der Waals surface area contributed by atoms with Crippen LogP contribution in [0, 0.1) is 5.82 Å². The minimum atomic E-state index is -0.725. The van der Waals surface area contributed by atoms with Gasteiger partial charge < -0.3 is 14.8 Å². The molecule has 156 valence electrons. The van der Waals surface area contributed by atoms with Crippen LogP contribution >= 0.6 is 0 Å². The quantitative estimate of drug-likeness (QED) is 0.364. The van der Waals surface area contributed by atoms with E-state index in [0.29, 0.717) is 0 Å². The van der Waals surface area contributed by atoms with Gasteiger partial charge in [-0.1, -0.05) is 54.6 Å². The first-order chi connectivity index (χ1) is 15.2. The molecule has 0 saturated carbocycles. The Balaban J connectivity index is 1.97. The fraction of sp³-hybridized carbons (Fsp3) is 0.111. The summed E-state index contributed by atoms with van der Waals surface area (Å²) >= 11 is 0. The van der Waals surface area contributed by atoms with Crippen LogP contribution in [-0.4, -0.2) is 14.2 Å². The molecule has 1 N–H and O–H groups in total. The van der Waals surface area contributed by atoms with E-state index in [1.165, 1.54) is 12.1 Å². The molecular weight excluding hydrogens is 389 g/mol. The van der Waals surface area contributed by atoms with Crippen LogP contribution in [0.4, 0.5) is 10.1 Å². The molecule has 0 radical (unpaired) electrons. The smallest absolute Gasteiger partial charge is 0.123 e. The van der Waals surface area contributed by atoms with E-state index in [4.69, 9.17) is 9.47 Å². The van der Waals surface area contributed by atoms with Gasteiger partial charge in [0, 0.05) is 5.69 Å². The topological polar surface area (TPSA) is 30.5 Å². The third kappa shape index (κ3) is 4.10. The molecule has 0 unspecified atom stereocenters. The SMILES string of the molecule is COc1ccc(C(Nc2ccc(F)cc2)(c2ccccc2)c2ccc(OC)cc2)cc1. The molecule has 0 bridgehead atoms. The Kier molecular flexibility index (Phi) is 5.89. The van der Waals surface area contributed by atoms with Crippen molar-refractivity contribution in [1.29, 1.82) is 0 Å². The van der Waals surface area contributed by atoms with Crippen molar-refractivity contribution in [2.24, 2.45) is 0 Å². The number of halogens is 1. The predicted molar refractivity (Wildman–Crippen MR) is 122 cm³/mol. The van der Waals surface area contributed by atoms with E-state index in [1.54, 1.807) is 26.4 Å². The number of rotatable bonds is 7. The number of anilines is 1. The van der Waals surface area contributed by atoms with E-state index in [9.17, 15) is 4.39 Å². The molecule has 0 heterocycles. The Hall–Kier alpha value is -3.79. The van der Waals surface area contributed by atoms with E-state index in [-0.39, 0.29) is 5.82 Å². The Morgan fingerprint density at radius 1 is 0.581 bits per heavy atom. The van der Waals surface area contributed by atoms with Crippen molar-refractivity contribution in [3.8, 4) is 11.5 Å². The number of hydrogen-bond acceptors (Lipinski definition) is 3. The molecule has 0 spiro atoms. The molecule has 0 atom stereocenters. The van der Waals surface area contributed by atoms with Crippen LogP contribution < -0.4 is 14.8 Å². The second kappa shape index (κ2) is 8.92. The predicted octanol–water partition coefficient (Wildman–Crippen LogP) is 6.25. The minimum Gasteiger partial charge on any atom is -0.497 e. The van der Waals surface area contributed by atoms with Crippen molar-refractivity contribution in [2.75, 3.05) is 19.5 Å². The van der Waals surface area contributed by atoms with Gasteiger partial charge in [0.25, 0.3) is 0 Å². The number of benzene rings is 4. The van der Waals surface area contributed by atoms with Crippen molar-refractivity contribution in [3.63, 3.8) is 0 Å². The van der Waals surface area contributed by atoms with Crippen LogP contribution in [0.25, 0.3) is 0 Å². The Labute approximate surface area is 182 Å². The molecule has 4 aromatic carbocycles. The highest BCUT2D eigenvalue weighted by Crippen LogP contribution is 2.41. The molecule has 31 heavy (non-hydrogen) atoms. The molecule has 3 nitrogen and oxygen atoms in total. The van der Waals surface area contributed by atoms with Crippen LogP contribution in [0.2, 0.25) is 0 Å². The van der Waals surface area contributed by atoms with E-state index in [2.05, 4.69) is 17.4 Å². The van der Waals surface area contributed by atoms with Crippen LogP contribution in [0.1, 0.15) is 16.7 Å². The summed E-state index contributed by atoms with van der Waals surface area (Å²) in [5.41, 5.74) is 3.17. The third-order valence-electron chi connectivity index (χ3n) is 5.43. The summed E-state index contributed by atoms with van der Waals surface area (Å²) in [7, 11) is 3.30. The van der Waals surface area contributed by atoms with E-state index in [0.717, 1.165) is 33.9 Å². The fourth-order valence-electron chi connectivity index (χ4n) is 3.84. The lowest BCUT2D eigenvalue weighted by atomic mass is 9.76. The van der Waals surface area contributed by atoms with Gasteiger partial charge in [-0.15, -0.1) is 0 Å². The molecule has 0 saturated heterocycles. The maximum absolute atomic E-state index is 13.6. The third-order valence-corrected chi connectivity index (χ3v) is 5.43. The molecular formula is C27H24FNO2. The van der Waals surface area contributed by atoms with Crippen LogP contribution in [0.3, 0.4) is 0 Å². The summed E-state index contributed by atoms with van der Waals surface area (Å²) < 4.78 is 24.4. The van der Waals surface area contributed by atoms with Gasteiger partial charge in [-0.2, -0.15) is 0 Å². The number of methoxy groups -OCH3 is 2. The van der Waals surface area contributed by atoms with Crippen LogP contribution in [-0.2, 0) is 5.54 Å². The molecule has 0 aliphatic rings. The average molecular weight is 413 g/mol. The zero-order chi connectivity index (χ0) is 21.7. The zero-order valence-electron chi connectivity index (χ0n) is 17.5. The van der Waals surface area contributed by atoms with Gasteiger partial charge >= 0.3 is 0 Å². The fourth-order valence-corrected chi connectivity index (χ4v) is 3.84. The lowest BCUT2D eigenvalue weighted by Crippen LogP contribution is -2.38. The van der Waals surface area contributed by atoms with Gasteiger partial charge in [-0.3, -0.25) is 0 Å². The maximum atomic E-state index is 13.6. The first-order valence-electron chi connectivity index (χ1n) is 10.0. The Morgan fingerprint density at radius 2 is 1.03 bits per heavy atom. The van der Waals surface area contributed by atoms with Crippen molar-refractivity contribution in [3.05, 3.63) is 126 Å². The molecule has 4 heteroatoms. The molecule has 0 aliphatic heterocycles. The summed E-state index contributed by atoms with van der Waals surface area (Å²) in [6.45, 7) is 0. The Bertz CT molecular complexity index is 1060. The molecule has 0 aromatic heterocycles. The van der Waals surface area contributed by atoms with E-state index >= 15 is 0 Å². The molecule has 4 aromatic rings. The summed E-state index contributed by atoms with van der Waals surface area (Å²) in [4.78, 5) is 0. The van der Waals surface area contributed by atoms with Gasteiger partial charge in [-0.05, 0) is 65.2 Å². The monoisotopic (exact) mass is 413 g/mol. The second-order valence-electron chi connectivity index (χ2n) is 7.20. The number of ether oxygens (including phenoxy) is 2. The lowest BCUT2D eigenvalue weighted by Gasteiger charge is -2.38. The van der Waals surface area contributed by atoms with Gasteiger partial charge in [0.05, 0.1) is 14.2 Å². The van der Waals surface area contributed by atoms with Crippen molar-refractivity contribution >= 4 is 5.69 Å². The van der Waals surface area contributed by atoms with Gasteiger partial charge in [0.2, 0.25) is 0 Å². The number of nitrogens with one attached hydrogen (secondary N) is 1. The van der Waals surface area contributed by atoms with E-state index < -0.39 is 5.54 Å². The molecule has 0 amide bonds. The largest absolute Gasteiger partial charge is 0.497 e. The Morgan fingerprint density at radius 3 is 1.48 bits per heavy atom. The van der Waals surface area contributed by atoms with Gasteiger partial charge in [0.1, 0.15) is 22.9 Å². The summed E-state index contributed by atoms with van der Waals surface area (Å²) in [5, 5.41) is 3.70. The molecule has 4 rings (SSSR count). The summed E-state index contributed by atoms with van der Waals surface area (Å²) in [6, 6.07) is 32.6. The highest BCUT2D eigenvalue weighted by molar-refractivity contribution is 5.61. The standard InChI is InChI=1S/C27H24FNO2/c1-30-25-16-8-21(9-17-25)27(20-6-4-3-5-7-20,22-10-18-26(31-2)19-11-22)29-24-14-12-23(28)13-15-24/h3-19,29H,1-2H3. The first kappa shape index (κ1) is 20.5. The normalized spacial score (nSPS) is 11.1. The zero-order valence-corrected chi connectivity index (χ0v) is 17.5. The minimum absolute atomic E-state index is 0.273. The van der Waals surface area contributed by atoms with Crippen molar-refractivity contribution in [1.82, 2.24) is 0 Å². The first-order valence-corrected chi connectivity index (χ1v) is 10.0. The second-order valence-corrected chi connectivity index (χ2v) is 7.20. The van der Waals surface area contributed by atoms with Crippen molar-refractivity contribution in [2.45, 2.75) is 5.54 Å². The lowest BCUT2D eigenvalue weighted by molar-refractivity contribution is 0.414. The van der Waals surface area contributed by atoms with Crippen LogP contribution in [0.5, 0.6) is 11.5 Å². The van der Waals surface area contributed by atoms with Gasteiger partial charge in [0.15, 0.2) is 0 Å². The number of hydrogen-bond donors (Lipinski definition) is 1. The highest BCUT2D eigenvalue weighted by Gasteiger charge is 2.36. The van der Waals surface area contributed by atoms with E-state index in [1.807, 2.05) is 66.7 Å². The van der Waals surface area contributed by atoms with Crippen molar-refractivity contribution < 1.29 is 13.9 Å². The molecule has 0 fully saturated rings. The van der Waals surface area contributed by atoms with Crippen LogP contribution in [0.15, 0.2) is 103 Å². The summed E-state index contributed by atoms with van der Waals surface area (Å²) in [5.74, 6) is 1.29. The summed E-state index contributed by atoms with van der Waals surface area (Å²) in [6.07, 6.45) is 0. The average Bonchev–Trinajstić information content (AvgIpc) is 2.84. The highest BCUT2D eigenvalue weighted by atomic mass is 19.1. The van der Waals surface area contributed by atoms with Gasteiger partial charge in [-0.25, -0.2) is 4.39 Å². The molecule has 0 aliphatic carbocycles. The maximum Gasteiger partial charge on any atom is 0.123 e.